The molecule has 2 aliphatic rings. The van der Waals surface area contributed by atoms with Gasteiger partial charge in [0.15, 0.2) is 0 Å². The highest BCUT2D eigenvalue weighted by atomic mass is 16.5. The first-order valence-electron chi connectivity index (χ1n) is 9.76. The number of para-hydroxylation sites is 1. The number of carbonyl (C=O) groups is 1. The summed E-state index contributed by atoms with van der Waals surface area (Å²) in [5.41, 5.74) is 1.89. The molecule has 0 saturated carbocycles. The SMILES string of the molecule is CC1CN(C(=O)CCc2cnn(-c3ccccc3)c2)CC2(CCOCC2)O1. The number of aryl methyl sites for hydroxylation is 1. The van der Waals surface area contributed by atoms with Crippen molar-refractivity contribution < 1.29 is 14.3 Å². The highest BCUT2D eigenvalue weighted by Crippen LogP contribution is 2.31. The standard InChI is InChI=1S/C21H27N3O3/c1-17-14-23(16-21(27-17)9-11-26-12-10-21)20(25)8-7-18-13-22-24(15-18)19-5-3-2-4-6-19/h2-6,13,15,17H,7-12,14,16H2,1H3. The van der Waals surface area contributed by atoms with Crippen molar-refractivity contribution in [3.63, 3.8) is 0 Å². The molecule has 0 bridgehead atoms. The minimum atomic E-state index is -0.218. The predicted octanol–water partition coefficient (Wildman–Crippen LogP) is 2.60. The second-order valence-corrected chi connectivity index (χ2v) is 7.63. The second-order valence-electron chi connectivity index (χ2n) is 7.63. The van der Waals surface area contributed by atoms with Gasteiger partial charge in [0.25, 0.3) is 0 Å². The van der Waals surface area contributed by atoms with Gasteiger partial charge in [0.05, 0.1) is 23.6 Å². The molecule has 1 unspecified atom stereocenters. The van der Waals surface area contributed by atoms with Crippen LogP contribution in [0.1, 0.15) is 31.7 Å². The van der Waals surface area contributed by atoms with E-state index in [1.54, 1.807) is 0 Å². The summed E-state index contributed by atoms with van der Waals surface area (Å²) in [5.74, 6) is 0.198. The van der Waals surface area contributed by atoms with Crippen molar-refractivity contribution >= 4 is 5.91 Å². The first-order valence-corrected chi connectivity index (χ1v) is 9.76. The molecule has 1 aromatic carbocycles. The summed E-state index contributed by atoms with van der Waals surface area (Å²) in [4.78, 5) is 14.8. The molecule has 1 atom stereocenters. The quantitative estimate of drug-likeness (QED) is 0.831. The van der Waals surface area contributed by atoms with Crippen LogP contribution in [0.3, 0.4) is 0 Å². The molecule has 1 aromatic heterocycles. The Hall–Kier alpha value is -2.18. The fourth-order valence-corrected chi connectivity index (χ4v) is 4.05. The zero-order valence-electron chi connectivity index (χ0n) is 15.8. The van der Waals surface area contributed by atoms with E-state index in [2.05, 4.69) is 12.0 Å². The van der Waals surface area contributed by atoms with Gasteiger partial charge in [-0.05, 0) is 31.0 Å². The van der Waals surface area contributed by atoms with E-state index in [1.807, 2.05) is 52.3 Å². The number of benzene rings is 1. The van der Waals surface area contributed by atoms with Crippen molar-refractivity contribution in [2.45, 2.75) is 44.3 Å². The van der Waals surface area contributed by atoms with E-state index in [1.165, 1.54) is 0 Å². The number of hydrogen-bond acceptors (Lipinski definition) is 4. The lowest BCUT2D eigenvalue weighted by Gasteiger charge is -2.47. The largest absolute Gasteiger partial charge is 0.381 e. The maximum atomic E-state index is 12.8. The van der Waals surface area contributed by atoms with Crippen molar-refractivity contribution in [2.75, 3.05) is 26.3 Å². The van der Waals surface area contributed by atoms with E-state index in [-0.39, 0.29) is 17.6 Å². The van der Waals surface area contributed by atoms with Gasteiger partial charge in [-0.15, -0.1) is 0 Å². The minimum absolute atomic E-state index is 0.0710. The van der Waals surface area contributed by atoms with Crippen molar-refractivity contribution in [3.8, 4) is 5.69 Å². The van der Waals surface area contributed by atoms with Crippen LogP contribution in [0.15, 0.2) is 42.7 Å². The number of rotatable bonds is 4. The molecule has 27 heavy (non-hydrogen) atoms. The molecule has 144 valence electrons. The highest BCUT2D eigenvalue weighted by Gasteiger charge is 2.41. The van der Waals surface area contributed by atoms with Gasteiger partial charge >= 0.3 is 0 Å². The second kappa shape index (κ2) is 7.82. The molecular formula is C21H27N3O3. The maximum absolute atomic E-state index is 12.8. The Kier molecular flexibility index (Phi) is 5.27. The van der Waals surface area contributed by atoms with Crippen LogP contribution >= 0.6 is 0 Å². The molecule has 2 aliphatic heterocycles. The summed E-state index contributed by atoms with van der Waals surface area (Å²) < 4.78 is 13.6. The average Bonchev–Trinajstić information content (AvgIpc) is 3.16. The Labute approximate surface area is 160 Å². The van der Waals surface area contributed by atoms with E-state index in [0.717, 1.165) is 24.1 Å². The van der Waals surface area contributed by atoms with Crippen molar-refractivity contribution in [1.82, 2.24) is 14.7 Å². The van der Waals surface area contributed by atoms with Crippen LogP contribution in [-0.2, 0) is 20.7 Å². The number of hydrogen-bond donors (Lipinski definition) is 0. The molecule has 4 rings (SSSR count). The zero-order valence-corrected chi connectivity index (χ0v) is 15.8. The lowest BCUT2D eigenvalue weighted by molar-refractivity contribution is -0.189. The van der Waals surface area contributed by atoms with E-state index in [4.69, 9.17) is 9.47 Å². The molecule has 3 heterocycles. The van der Waals surface area contributed by atoms with Crippen molar-refractivity contribution in [1.29, 1.82) is 0 Å². The van der Waals surface area contributed by atoms with E-state index >= 15 is 0 Å². The molecule has 1 amide bonds. The summed E-state index contributed by atoms with van der Waals surface area (Å²) in [6, 6.07) is 10.0. The van der Waals surface area contributed by atoms with Gasteiger partial charge in [0.2, 0.25) is 5.91 Å². The average molecular weight is 369 g/mol. The van der Waals surface area contributed by atoms with Gasteiger partial charge in [-0.1, -0.05) is 18.2 Å². The van der Waals surface area contributed by atoms with Crippen LogP contribution < -0.4 is 0 Å². The van der Waals surface area contributed by atoms with Gasteiger partial charge in [-0.25, -0.2) is 4.68 Å². The minimum Gasteiger partial charge on any atom is -0.381 e. The molecule has 6 heteroatoms. The van der Waals surface area contributed by atoms with Gasteiger partial charge in [0.1, 0.15) is 0 Å². The van der Waals surface area contributed by atoms with Crippen LogP contribution in [0.25, 0.3) is 5.69 Å². The highest BCUT2D eigenvalue weighted by molar-refractivity contribution is 5.76. The topological polar surface area (TPSA) is 56.6 Å². The van der Waals surface area contributed by atoms with Gasteiger partial charge in [-0.3, -0.25) is 4.79 Å². The van der Waals surface area contributed by atoms with Crippen LogP contribution in [-0.4, -0.2) is 58.6 Å². The molecule has 0 radical (unpaired) electrons. The van der Waals surface area contributed by atoms with E-state index in [0.29, 0.717) is 39.1 Å². The van der Waals surface area contributed by atoms with E-state index in [9.17, 15) is 4.79 Å². The molecule has 1 spiro atoms. The van der Waals surface area contributed by atoms with Crippen molar-refractivity contribution in [2.24, 2.45) is 0 Å². The molecule has 0 aliphatic carbocycles. The number of aromatic nitrogens is 2. The molecule has 2 saturated heterocycles. The predicted molar refractivity (Wildman–Crippen MR) is 102 cm³/mol. The number of morpholine rings is 1. The Balaban J connectivity index is 1.36. The van der Waals surface area contributed by atoms with Gasteiger partial charge in [0, 0.05) is 51.8 Å². The Morgan fingerprint density at radius 3 is 2.81 bits per heavy atom. The van der Waals surface area contributed by atoms with Gasteiger partial charge < -0.3 is 14.4 Å². The first-order chi connectivity index (χ1) is 13.1. The summed E-state index contributed by atoms with van der Waals surface area (Å²) >= 11 is 0. The van der Waals surface area contributed by atoms with E-state index < -0.39 is 0 Å². The summed E-state index contributed by atoms with van der Waals surface area (Å²) in [5, 5.41) is 4.42. The maximum Gasteiger partial charge on any atom is 0.223 e. The molecule has 2 fully saturated rings. The number of carbonyl (C=O) groups excluding carboxylic acids is 1. The Bertz CT molecular complexity index is 768. The summed E-state index contributed by atoms with van der Waals surface area (Å²) in [7, 11) is 0. The van der Waals surface area contributed by atoms with Crippen molar-refractivity contribution in [3.05, 3.63) is 48.3 Å². The molecule has 0 N–H and O–H groups in total. The Morgan fingerprint density at radius 2 is 2.04 bits per heavy atom. The van der Waals surface area contributed by atoms with Crippen LogP contribution in [0, 0.1) is 0 Å². The monoisotopic (exact) mass is 369 g/mol. The molecular weight excluding hydrogens is 342 g/mol. The van der Waals surface area contributed by atoms with Crippen LogP contribution in [0.5, 0.6) is 0 Å². The van der Waals surface area contributed by atoms with Gasteiger partial charge in [-0.2, -0.15) is 5.10 Å². The summed E-state index contributed by atoms with van der Waals surface area (Å²) in [6.45, 7) is 4.84. The number of ether oxygens (including phenoxy) is 2. The lowest BCUT2D eigenvalue weighted by Crippen LogP contribution is -2.58. The fraction of sp³-hybridized carbons (Fsp3) is 0.524. The third kappa shape index (κ3) is 4.22. The zero-order chi connectivity index (χ0) is 18.7. The number of nitrogens with zero attached hydrogens (tertiary/aromatic N) is 3. The lowest BCUT2D eigenvalue weighted by atomic mass is 9.91. The smallest absolute Gasteiger partial charge is 0.223 e. The molecule has 2 aromatic rings. The van der Waals surface area contributed by atoms with Crippen LogP contribution in [0.4, 0.5) is 0 Å². The third-order valence-corrected chi connectivity index (χ3v) is 5.45. The third-order valence-electron chi connectivity index (χ3n) is 5.45. The summed E-state index contributed by atoms with van der Waals surface area (Å²) in [6.07, 6.45) is 6.86. The number of amides is 1. The first kappa shape index (κ1) is 18.2. The van der Waals surface area contributed by atoms with Crippen LogP contribution in [0.2, 0.25) is 0 Å². The Morgan fingerprint density at radius 1 is 1.26 bits per heavy atom. The normalized spacial score (nSPS) is 22.1. The molecule has 6 nitrogen and oxygen atoms in total. The fourth-order valence-electron chi connectivity index (χ4n) is 4.05.